The lowest BCUT2D eigenvalue weighted by molar-refractivity contribution is -0.122. The van der Waals surface area contributed by atoms with Crippen molar-refractivity contribution in [3.8, 4) is 0 Å². The fraction of sp³-hybridized carbons (Fsp3) is 0.316. The largest absolute Gasteiger partial charge is 0.315 e. The third kappa shape index (κ3) is 2.92. The maximum atomic E-state index is 13.2. The second-order valence-electron chi connectivity index (χ2n) is 6.83. The SMILES string of the molecule is CS(=O)(=O)c1ccc(CN2C(=O)C3(CCNC3)c3ccccc32)cc1.Cl. The van der Waals surface area contributed by atoms with Crippen molar-refractivity contribution in [2.45, 2.75) is 23.3 Å². The molecule has 0 aromatic heterocycles. The Balaban J connectivity index is 0.00000196. The van der Waals surface area contributed by atoms with E-state index in [-0.39, 0.29) is 18.3 Å². The summed E-state index contributed by atoms with van der Waals surface area (Å²) in [5.41, 5.74) is 2.52. The number of amides is 1. The number of sulfone groups is 1. The highest BCUT2D eigenvalue weighted by Crippen LogP contribution is 2.45. The number of carbonyl (C=O) groups is 1. The van der Waals surface area contributed by atoms with Crippen LogP contribution in [0.15, 0.2) is 53.4 Å². The lowest BCUT2D eigenvalue weighted by atomic mass is 9.81. The molecule has 26 heavy (non-hydrogen) atoms. The zero-order valence-electron chi connectivity index (χ0n) is 14.4. The van der Waals surface area contributed by atoms with Gasteiger partial charge < -0.3 is 10.2 Å². The minimum atomic E-state index is -3.21. The van der Waals surface area contributed by atoms with Gasteiger partial charge in [-0.25, -0.2) is 8.42 Å². The van der Waals surface area contributed by atoms with E-state index in [4.69, 9.17) is 0 Å². The van der Waals surface area contributed by atoms with Gasteiger partial charge >= 0.3 is 0 Å². The molecule has 7 heteroatoms. The number of nitrogens with zero attached hydrogens (tertiary/aromatic N) is 1. The summed E-state index contributed by atoms with van der Waals surface area (Å²) < 4.78 is 23.2. The van der Waals surface area contributed by atoms with Crippen LogP contribution in [0.25, 0.3) is 0 Å². The zero-order valence-corrected chi connectivity index (χ0v) is 16.1. The quantitative estimate of drug-likeness (QED) is 0.870. The third-order valence-electron chi connectivity index (χ3n) is 5.21. The van der Waals surface area contributed by atoms with E-state index in [1.165, 1.54) is 6.26 Å². The van der Waals surface area contributed by atoms with Gasteiger partial charge in [-0.1, -0.05) is 30.3 Å². The summed E-state index contributed by atoms with van der Waals surface area (Å²) >= 11 is 0. The summed E-state index contributed by atoms with van der Waals surface area (Å²) in [4.78, 5) is 15.3. The molecule has 2 aromatic rings. The average Bonchev–Trinajstić information content (AvgIpc) is 3.17. The number of carbonyl (C=O) groups excluding carboxylic acids is 1. The highest BCUT2D eigenvalue weighted by molar-refractivity contribution is 7.90. The number of fused-ring (bicyclic) bond motifs is 2. The van der Waals surface area contributed by atoms with Crippen molar-refractivity contribution < 1.29 is 13.2 Å². The van der Waals surface area contributed by atoms with Crippen molar-refractivity contribution in [2.24, 2.45) is 0 Å². The van der Waals surface area contributed by atoms with E-state index in [9.17, 15) is 13.2 Å². The van der Waals surface area contributed by atoms with Crippen LogP contribution in [0.1, 0.15) is 17.5 Å². The summed E-state index contributed by atoms with van der Waals surface area (Å²) in [6.07, 6.45) is 2.01. The number of para-hydroxylation sites is 1. The smallest absolute Gasteiger partial charge is 0.239 e. The Labute approximate surface area is 159 Å². The van der Waals surface area contributed by atoms with Crippen molar-refractivity contribution >= 4 is 33.8 Å². The topological polar surface area (TPSA) is 66.5 Å². The van der Waals surface area contributed by atoms with Crippen molar-refractivity contribution in [3.05, 3.63) is 59.7 Å². The summed E-state index contributed by atoms with van der Waals surface area (Å²) in [6, 6.07) is 14.7. The van der Waals surface area contributed by atoms with Crippen LogP contribution in [0.4, 0.5) is 5.69 Å². The monoisotopic (exact) mass is 392 g/mol. The van der Waals surface area contributed by atoms with Gasteiger partial charge in [0.25, 0.3) is 0 Å². The van der Waals surface area contributed by atoms with Gasteiger partial charge in [-0.2, -0.15) is 0 Å². The van der Waals surface area contributed by atoms with Crippen LogP contribution in [-0.4, -0.2) is 33.7 Å². The van der Waals surface area contributed by atoms with Crippen LogP contribution in [0.3, 0.4) is 0 Å². The maximum Gasteiger partial charge on any atom is 0.239 e. The van der Waals surface area contributed by atoms with Crippen molar-refractivity contribution in [1.82, 2.24) is 5.32 Å². The lowest BCUT2D eigenvalue weighted by Crippen LogP contribution is -2.41. The average molecular weight is 393 g/mol. The molecule has 0 radical (unpaired) electrons. The third-order valence-corrected chi connectivity index (χ3v) is 6.34. The molecule has 1 atom stereocenters. The van der Waals surface area contributed by atoms with Crippen LogP contribution >= 0.6 is 12.4 Å². The molecule has 1 unspecified atom stereocenters. The molecule has 2 heterocycles. The summed E-state index contributed by atoms with van der Waals surface area (Å²) in [6.45, 7) is 1.96. The lowest BCUT2D eigenvalue weighted by Gasteiger charge is -2.23. The van der Waals surface area contributed by atoms with Gasteiger partial charge in [-0.3, -0.25) is 4.79 Å². The first-order valence-corrected chi connectivity index (χ1v) is 10.2. The fourth-order valence-corrected chi connectivity index (χ4v) is 4.51. The molecular weight excluding hydrogens is 372 g/mol. The summed E-state index contributed by atoms with van der Waals surface area (Å²) in [5, 5.41) is 3.32. The number of hydrogen-bond donors (Lipinski definition) is 1. The Kier molecular flexibility index (Phi) is 4.86. The molecule has 0 bridgehead atoms. The second kappa shape index (κ2) is 6.68. The van der Waals surface area contributed by atoms with E-state index in [2.05, 4.69) is 5.32 Å². The molecule has 1 fully saturated rings. The fourth-order valence-electron chi connectivity index (χ4n) is 3.88. The molecule has 2 aromatic carbocycles. The molecule has 1 N–H and O–H groups in total. The number of halogens is 1. The molecule has 4 rings (SSSR count). The molecule has 138 valence electrons. The van der Waals surface area contributed by atoms with Gasteiger partial charge in [0.2, 0.25) is 5.91 Å². The minimum absolute atomic E-state index is 0. The molecule has 0 saturated carbocycles. The van der Waals surface area contributed by atoms with E-state index in [1.807, 2.05) is 29.2 Å². The summed E-state index contributed by atoms with van der Waals surface area (Å²) in [5.74, 6) is 0.130. The number of anilines is 1. The highest BCUT2D eigenvalue weighted by atomic mass is 35.5. The molecule has 2 aliphatic heterocycles. The standard InChI is InChI=1S/C19H20N2O3S.ClH/c1-25(23,24)15-8-6-14(7-9-15)12-21-17-5-3-2-4-16(17)19(18(21)22)10-11-20-13-19;/h2-9,20H,10-13H2,1H3;1H. The van der Waals surface area contributed by atoms with Crippen molar-refractivity contribution in [3.63, 3.8) is 0 Å². The van der Waals surface area contributed by atoms with E-state index in [0.29, 0.717) is 18.0 Å². The summed E-state index contributed by atoms with van der Waals surface area (Å²) in [7, 11) is -3.21. The first-order valence-electron chi connectivity index (χ1n) is 8.33. The van der Waals surface area contributed by atoms with Crippen LogP contribution in [-0.2, 0) is 26.6 Å². The first kappa shape index (κ1) is 18.9. The van der Waals surface area contributed by atoms with Gasteiger partial charge in [-0.15, -0.1) is 12.4 Å². The van der Waals surface area contributed by atoms with Crippen molar-refractivity contribution in [2.75, 3.05) is 24.2 Å². The van der Waals surface area contributed by atoms with Gasteiger partial charge in [0, 0.05) is 18.5 Å². The van der Waals surface area contributed by atoms with E-state index in [1.54, 1.807) is 24.3 Å². The molecule has 0 aliphatic carbocycles. The number of nitrogens with one attached hydrogen (secondary N) is 1. The normalized spacial score (nSPS) is 21.7. The van der Waals surface area contributed by atoms with Gasteiger partial charge in [0.15, 0.2) is 9.84 Å². The van der Waals surface area contributed by atoms with E-state index >= 15 is 0 Å². The highest BCUT2D eigenvalue weighted by Gasteiger charge is 2.52. The van der Waals surface area contributed by atoms with Crippen molar-refractivity contribution in [1.29, 1.82) is 0 Å². The Morgan fingerprint density at radius 2 is 1.81 bits per heavy atom. The number of benzene rings is 2. The molecule has 2 aliphatic rings. The van der Waals surface area contributed by atoms with Crippen LogP contribution in [0.2, 0.25) is 0 Å². The Bertz CT molecular complexity index is 936. The van der Waals surface area contributed by atoms with E-state index < -0.39 is 15.3 Å². The minimum Gasteiger partial charge on any atom is -0.315 e. The predicted octanol–water partition coefficient (Wildman–Crippen LogP) is 2.29. The van der Waals surface area contributed by atoms with Gasteiger partial charge in [-0.05, 0) is 42.3 Å². The predicted molar refractivity (Wildman–Crippen MR) is 104 cm³/mol. The Morgan fingerprint density at radius 1 is 1.12 bits per heavy atom. The molecular formula is C19H21ClN2O3S. The van der Waals surface area contributed by atoms with Gasteiger partial charge in [0.1, 0.15) is 0 Å². The maximum absolute atomic E-state index is 13.2. The Morgan fingerprint density at radius 3 is 2.42 bits per heavy atom. The first-order chi connectivity index (χ1) is 11.9. The molecule has 5 nitrogen and oxygen atoms in total. The van der Waals surface area contributed by atoms with E-state index in [0.717, 1.165) is 29.8 Å². The number of hydrogen-bond acceptors (Lipinski definition) is 4. The Hall–Kier alpha value is -1.89. The van der Waals surface area contributed by atoms with Crippen LogP contribution in [0, 0.1) is 0 Å². The van der Waals surface area contributed by atoms with Crippen LogP contribution in [0.5, 0.6) is 0 Å². The molecule has 1 amide bonds. The second-order valence-corrected chi connectivity index (χ2v) is 8.85. The van der Waals surface area contributed by atoms with Crippen LogP contribution < -0.4 is 10.2 Å². The number of rotatable bonds is 3. The zero-order chi connectivity index (χ0) is 17.7. The van der Waals surface area contributed by atoms with Gasteiger partial charge in [0.05, 0.1) is 16.9 Å². The molecule has 1 saturated heterocycles. The molecule has 1 spiro atoms.